The van der Waals surface area contributed by atoms with Gasteiger partial charge in [-0.05, 0) is 5.56 Å². The fraction of sp³-hybridized carbons (Fsp3) is 0.190. The summed E-state index contributed by atoms with van der Waals surface area (Å²) in [4.78, 5) is 31.1. The molecule has 1 atom stereocenters. The summed E-state index contributed by atoms with van der Waals surface area (Å²) in [6, 6.07) is 19.7. The van der Waals surface area contributed by atoms with Crippen molar-refractivity contribution in [1.29, 1.82) is 0 Å². The number of nitrogens with zero attached hydrogens (tertiary/aromatic N) is 2. The smallest absolute Gasteiger partial charge is 0.231 e. The third kappa shape index (κ3) is 4.06. The van der Waals surface area contributed by atoms with Crippen LogP contribution in [0.1, 0.15) is 12.0 Å². The Morgan fingerprint density at radius 2 is 1.81 bits per heavy atom. The zero-order chi connectivity index (χ0) is 18.6. The minimum atomic E-state index is -0.342. The molecule has 0 spiro atoms. The van der Waals surface area contributed by atoms with Gasteiger partial charge in [0.25, 0.3) is 0 Å². The molecule has 2 amide bonds. The molecule has 0 bridgehead atoms. The van der Waals surface area contributed by atoms with Crippen LogP contribution in [0.25, 0.3) is 11.3 Å². The highest BCUT2D eigenvalue weighted by Crippen LogP contribution is 2.26. The third-order valence-corrected chi connectivity index (χ3v) is 5.36. The summed E-state index contributed by atoms with van der Waals surface area (Å²) in [5.41, 5.74) is 2.92. The maximum Gasteiger partial charge on any atom is 0.231 e. The molecule has 0 aliphatic carbocycles. The predicted molar refractivity (Wildman–Crippen MR) is 106 cm³/mol. The molecule has 3 aromatic rings. The highest BCUT2D eigenvalue weighted by atomic mass is 32.1. The molecule has 1 aliphatic rings. The van der Waals surface area contributed by atoms with Gasteiger partial charge in [0.15, 0.2) is 5.13 Å². The normalized spacial score (nSPS) is 16.5. The van der Waals surface area contributed by atoms with E-state index in [1.807, 2.05) is 66.0 Å². The number of aromatic nitrogens is 1. The van der Waals surface area contributed by atoms with E-state index in [1.165, 1.54) is 11.3 Å². The average molecular weight is 377 g/mol. The van der Waals surface area contributed by atoms with E-state index in [0.717, 1.165) is 16.8 Å². The van der Waals surface area contributed by atoms with Crippen LogP contribution in [-0.2, 0) is 16.1 Å². The van der Waals surface area contributed by atoms with Crippen LogP contribution in [0.5, 0.6) is 0 Å². The number of likely N-dealkylation sites (tertiary alicyclic amines) is 1. The summed E-state index contributed by atoms with van der Waals surface area (Å²) in [6.45, 7) is 0.981. The molecule has 0 radical (unpaired) electrons. The summed E-state index contributed by atoms with van der Waals surface area (Å²) in [5, 5.41) is 5.35. The molecule has 0 saturated carbocycles. The Hall–Kier alpha value is -2.99. The number of amides is 2. The van der Waals surface area contributed by atoms with Crippen molar-refractivity contribution in [3.63, 3.8) is 0 Å². The third-order valence-electron chi connectivity index (χ3n) is 4.61. The van der Waals surface area contributed by atoms with E-state index >= 15 is 0 Å². The van der Waals surface area contributed by atoms with Crippen LogP contribution >= 0.6 is 11.3 Å². The maximum atomic E-state index is 12.6. The van der Waals surface area contributed by atoms with E-state index in [1.54, 1.807) is 4.90 Å². The van der Waals surface area contributed by atoms with Crippen molar-refractivity contribution in [3.05, 3.63) is 71.6 Å². The van der Waals surface area contributed by atoms with E-state index in [2.05, 4.69) is 10.3 Å². The zero-order valence-corrected chi connectivity index (χ0v) is 15.5. The lowest BCUT2D eigenvalue weighted by atomic mass is 10.1. The van der Waals surface area contributed by atoms with Gasteiger partial charge in [0.05, 0.1) is 11.6 Å². The van der Waals surface area contributed by atoms with Gasteiger partial charge in [0, 0.05) is 30.5 Å². The first-order chi connectivity index (χ1) is 13.2. The van der Waals surface area contributed by atoms with Gasteiger partial charge in [-0.25, -0.2) is 4.98 Å². The molecule has 1 unspecified atom stereocenters. The minimum Gasteiger partial charge on any atom is -0.338 e. The van der Waals surface area contributed by atoms with Crippen molar-refractivity contribution in [2.24, 2.45) is 5.92 Å². The predicted octanol–water partition coefficient (Wildman–Crippen LogP) is 3.80. The quantitative estimate of drug-likeness (QED) is 0.736. The Morgan fingerprint density at radius 3 is 2.56 bits per heavy atom. The van der Waals surface area contributed by atoms with Crippen LogP contribution < -0.4 is 5.32 Å². The van der Waals surface area contributed by atoms with Crippen molar-refractivity contribution in [2.45, 2.75) is 13.0 Å². The molecule has 27 heavy (non-hydrogen) atoms. The Kier molecular flexibility index (Phi) is 4.98. The molecule has 1 aliphatic heterocycles. The molecular formula is C21H19N3O2S. The molecule has 2 heterocycles. The van der Waals surface area contributed by atoms with Gasteiger partial charge in [0.1, 0.15) is 0 Å². The summed E-state index contributed by atoms with van der Waals surface area (Å²) < 4.78 is 0. The van der Waals surface area contributed by atoms with Gasteiger partial charge < -0.3 is 10.2 Å². The highest BCUT2D eigenvalue weighted by molar-refractivity contribution is 7.14. The number of thiazole rings is 1. The van der Waals surface area contributed by atoms with Gasteiger partial charge in [-0.2, -0.15) is 0 Å². The van der Waals surface area contributed by atoms with Crippen LogP contribution in [0.15, 0.2) is 66.0 Å². The van der Waals surface area contributed by atoms with E-state index in [0.29, 0.717) is 18.2 Å². The number of anilines is 1. The first-order valence-corrected chi connectivity index (χ1v) is 9.70. The molecule has 136 valence electrons. The van der Waals surface area contributed by atoms with Gasteiger partial charge in [-0.1, -0.05) is 60.7 Å². The number of benzene rings is 2. The van der Waals surface area contributed by atoms with Crippen molar-refractivity contribution in [1.82, 2.24) is 9.88 Å². The first kappa shape index (κ1) is 17.4. The van der Waals surface area contributed by atoms with Crippen LogP contribution in [0.4, 0.5) is 5.13 Å². The molecule has 5 nitrogen and oxygen atoms in total. The minimum absolute atomic E-state index is 0.0168. The molecule has 1 fully saturated rings. The summed E-state index contributed by atoms with van der Waals surface area (Å²) in [7, 11) is 0. The first-order valence-electron chi connectivity index (χ1n) is 8.82. The molecule has 1 saturated heterocycles. The van der Waals surface area contributed by atoms with Crippen LogP contribution in [0.3, 0.4) is 0 Å². The van der Waals surface area contributed by atoms with Gasteiger partial charge in [-0.3, -0.25) is 9.59 Å². The number of carbonyl (C=O) groups is 2. The van der Waals surface area contributed by atoms with Gasteiger partial charge in [-0.15, -0.1) is 11.3 Å². The number of carbonyl (C=O) groups excluding carboxylic acids is 2. The lowest BCUT2D eigenvalue weighted by Gasteiger charge is -2.16. The lowest BCUT2D eigenvalue weighted by Crippen LogP contribution is -2.28. The Bertz CT molecular complexity index is 940. The molecule has 1 aromatic heterocycles. The van der Waals surface area contributed by atoms with E-state index < -0.39 is 0 Å². The Morgan fingerprint density at radius 1 is 1.11 bits per heavy atom. The zero-order valence-electron chi connectivity index (χ0n) is 14.7. The molecule has 2 aromatic carbocycles. The van der Waals surface area contributed by atoms with Crippen molar-refractivity contribution in [3.8, 4) is 11.3 Å². The summed E-state index contributed by atoms with van der Waals surface area (Å²) in [6.07, 6.45) is 0.246. The number of nitrogens with one attached hydrogen (secondary N) is 1. The van der Waals surface area contributed by atoms with Crippen molar-refractivity contribution >= 4 is 28.3 Å². The number of hydrogen-bond donors (Lipinski definition) is 1. The van der Waals surface area contributed by atoms with Crippen LogP contribution in [0, 0.1) is 5.92 Å². The van der Waals surface area contributed by atoms with E-state index in [-0.39, 0.29) is 24.2 Å². The topological polar surface area (TPSA) is 62.3 Å². The number of hydrogen-bond acceptors (Lipinski definition) is 4. The fourth-order valence-electron chi connectivity index (χ4n) is 3.18. The van der Waals surface area contributed by atoms with E-state index in [4.69, 9.17) is 0 Å². The van der Waals surface area contributed by atoms with Crippen LogP contribution in [0.2, 0.25) is 0 Å². The second-order valence-electron chi connectivity index (χ2n) is 6.55. The largest absolute Gasteiger partial charge is 0.338 e. The van der Waals surface area contributed by atoms with Crippen molar-refractivity contribution in [2.75, 3.05) is 11.9 Å². The molecular weight excluding hydrogens is 358 g/mol. The lowest BCUT2D eigenvalue weighted by molar-refractivity contribution is -0.128. The van der Waals surface area contributed by atoms with E-state index in [9.17, 15) is 9.59 Å². The Balaban J connectivity index is 1.38. The van der Waals surface area contributed by atoms with Crippen molar-refractivity contribution < 1.29 is 9.59 Å². The second-order valence-corrected chi connectivity index (χ2v) is 7.41. The van der Waals surface area contributed by atoms with Crippen LogP contribution in [-0.4, -0.2) is 28.2 Å². The molecule has 6 heteroatoms. The SMILES string of the molecule is O=C(Nc1nc(-c2ccccc2)cs1)C1CC(=O)N(Cc2ccccc2)C1. The maximum absolute atomic E-state index is 12.6. The van der Waals surface area contributed by atoms with Gasteiger partial charge >= 0.3 is 0 Å². The molecule has 1 N–H and O–H groups in total. The Labute approximate surface area is 161 Å². The standard InChI is InChI=1S/C21H19N3O2S/c25-19-11-17(13-24(19)12-15-7-3-1-4-8-15)20(26)23-21-22-18(14-27-21)16-9-5-2-6-10-16/h1-10,14,17H,11-13H2,(H,22,23,26). The highest BCUT2D eigenvalue weighted by Gasteiger charge is 2.34. The monoisotopic (exact) mass is 377 g/mol. The average Bonchev–Trinajstić information content (AvgIpc) is 3.30. The summed E-state index contributed by atoms with van der Waals surface area (Å²) >= 11 is 1.39. The summed E-state index contributed by atoms with van der Waals surface area (Å²) in [5.74, 6) is -0.471. The molecule has 4 rings (SSSR count). The second kappa shape index (κ2) is 7.72. The fourth-order valence-corrected chi connectivity index (χ4v) is 3.91. The van der Waals surface area contributed by atoms with Gasteiger partial charge in [0.2, 0.25) is 11.8 Å². The number of rotatable bonds is 5.